The Hall–Kier alpha value is -0.480. The molecule has 0 aromatic carbocycles. The molecule has 1 fully saturated rings. The Morgan fingerprint density at radius 3 is 2.62 bits per heavy atom. The maximum atomic E-state index is 10.0. The molecule has 0 aromatic heterocycles. The van der Waals surface area contributed by atoms with Crippen LogP contribution in [0.4, 0.5) is 0 Å². The van der Waals surface area contributed by atoms with Crippen LogP contribution in [0.25, 0.3) is 0 Å². The zero-order valence-electron chi connectivity index (χ0n) is 8.77. The van der Waals surface area contributed by atoms with Crippen molar-refractivity contribution in [3.63, 3.8) is 0 Å². The van der Waals surface area contributed by atoms with Gasteiger partial charge >= 0.3 is 0 Å². The summed E-state index contributed by atoms with van der Waals surface area (Å²) in [4.78, 5) is 0. The molecule has 1 atom stereocenters. The number of rotatable bonds is 4. The van der Waals surface area contributed by atoms with Crippen molar-refractivity contribution in [1.82, 2.24) is 0 Å². The molecule has 1 heteroatoms. The lowest BCUT2D eigenvalue weighted by molar-refractivity contribution is 0.0138. The summed E-state index contributed by atoms with van der Waals surface area (Å²) in [6.45, 7) is 3.79. The minimum absolute atomic E-state index is 0.477. The third kappa shape index (κ3) is 3.83. The third-order valence-electron chi connectivity index (χ3n) is 2.92. The second-order valence-electron chi connectivity index (χ2n) is 4.42. The van der Waals surface area contributed by atoms with Gasteiger partial charge in [-0.05, 0) is 32.6 Å². The molecule has 0 spiro atoms. The van der Waals surface area contributed by atoms with E-state index < -0.39 is 5.60 Å². The van der Waals surface area contributed by atoms with Gasteiger partial charge in [0.1, 0.15) is 0 Å². The van der Waals surface area contributed by atoms with Gasteiger partial charge in [0.05, 0.1) is 5.60 Å². The lowest BCUT2D eigenvalue weighted by Gasteiger charge is -2.33. The fourth-order valence-corrected chi connectivity index (χ4v) is 1.88. The molecule has 1 rings (SSSR count). The summed E-state index contributed by atoms with van der Waals surface area (Å²) in [6.07, 6.45) is 6.61. The monoisotopic (exact) mass is 180 g/mol. The predicted molar refractivity (Wildman–Crippen MR) is 55.3 cm³/mol. The van der Waals surface area contributed by atoms with Crippen molar-refractivity contribution in [1.29, 1.82) is 0 Å². The summed E-state index contributed by atoms with van der Waals surface area (Å²) >= 11 is 0. The number of hydrogen-bond donors (Lipinski definition) is 1. The Morgan fingerprint density at radius 1 is 1.46 bits per heavy atom. The minimum Gasteiger partial charge on any atom is -0.390 e. The van der Waals surface area contributed by atoms with E-state index in [1.807, 2.05) is 13.8 Å². The van der Waals surface area contributed by atoms with E-state index in [2.05, 4.69) is 11.8 Å². The summed E-state index contributed by atoms with van der Waals surface area (Å²) < 4.78 is 0. The smallest absolute Gasteiger partial charge is 0.0631 e. The molecule has 0 radical (unpaired) electrons. The Morgan fingerprint density at radius 2 is 2.15 bits per heavy atom. The van der Waals surface area contributed by atoms with Crippen LogP contribution in [0.1, 0.15) is 52.4 Å². The first-order chi connectivity index (χ1) is 6.14. The zero-order valence-corrected chi connectivity index (χ0v) is 8.77. The molecule has 1 aliphatic rings. The van der Waals surface area contributed by atoms with Gasteiger partial charge in [-0.15, -0.1) is 11.8 Å². The normalized spacial score (nSPS) is 21.2. The van der Waals surface area contributed by atoms with E-state index >= 15 is 0 Å². The van der Waals surface area contributed by atoms with E-state index in [9.17, 15) is 5.11 Å². The van der Waals surface area contributed by atoms with Gasteiger partial charge in [0, 0.05) is 6.42 Å². The van der Waals surface area contributed by atoms with E-state index in [-0.39, 0.29) is 0 Å². The lowest BCUT2D eigenvalue weighted by atomic mass is 9.76. The summed E-state index contributed by atoms with van der Waals surface area (Å²) in [5.41, 5.74) is -0.477. The fraction of sp³-hybridized carbons (Fsp3) is 0.833. The summed E-state index contributed by atoms with van der Waals surface area (Å²) in [6, 6.07) is 0. The maximum absolute atomic E-state index is 10.0. The average Bonchev–Trinajstić information content (AvgIpc) is 1.98. The largest absolute Gasteiger partial charge is 0.390 e. The zero-order chi connectivity index (χ0) is 9.73. The van der Waals surface area contributed by atoms with Gasteiger partial charge in [0.25, 0.3) is 0 Å². The van der Waals surface area contributed by atoms with Crippen molar-refractivity contribution in [2.24, 2.45) is 5.92 Å². The second kappa shape index (κ2) is 4.67. The van der Waals surface area contributed by atoms with Crippen LogP contribution < -0.4 is 0 Å². The molecule has 1 nitrogen and oxygen atoms in total. The van der Waals surface area contributed by atoms with Gasteiger partial charge in [0.2, 0.25) is 0 Å². The molecule has 0 heterocycles. The molecule has 1 saturated carbocycles. The molecule has 1 aliphatic carbocycles. The van der Waals surface area contributed by atoms with Gasteiger partial charge < -0.3 is 5.11 Å². The predicted octanol–water partition coefficient (Wildman–Crippen LogP) is 2.73. The first-order valence-electron chi connectivity index (χ1n) is 5.26. The average molecular weight is 180 g/mol. The Kier molecular flexibility index (Phi) is 3.81. The van der Waals surface area contributed by atoms with Crippen LogP contribution >= 0.6 is 0 Å². The van der Waals surface area contributed by atoms with Gasteiger partial charge in [-0.3, -0.25) is 0 Å². The van der Waals surface area contributed by atoms with Crippen LogP contribution in [0.15, 0.2) is 0 Å². The molecule has 74 valence electrons. The maximum Gasteiger partial charge on any atom is 0.0631 e. The molecular weight excluding hydrogens is 160 g/mol. The molecule has 0 aromatic rings. The molecule has 1 N–H and O–H groups in total. The van der Waals surface area contributed by atoms with Crippen molar-refractivity contribution in [3.8, 4) is 11.8 Å². The minimum atomic E-state index is -0.477. The van der Waals surface area contributed by atoms with Crippen LogP contribution in [-0.4, -0.2) is 10.7 Å². The van der Waals surface area contributed by atoms with Crippen LogP contribution in [0.2, 0.25) is 0 Å². The molecule has 0 aliphatic heterocycles. The van der Waals surface area contributed by atoms with E-state index in [4.69, 9.17) is 0 Å². The number of aliphatic hydroxyl groups is 1. The van der Waals surface area contributed by atoms with Crippen molar-refractivity contribution in [2.75, 3.05) is 0 Å². The SMILES string of the molecule is CC#CCCC(C)(O)CC1CCC1. The topological polar surface area (TPSA) is 20.2 Å². The van der Waals surface area contributed by atoms with Crippen LogP contribution in [0, 0.1) is 17.8 Å². The molecule has 0 bridgehead atoms. The van der Waals surface area contributed by atoms with Crippen LogP contribution in [-0.2, 0) is 0 Å². The molecule has 13 heavy (non-hydrogen) atoms. The van der Waals surface area contributed by atoms with E-state index in [0.29, 0.717) is 0 Å². The summed E-state index contributed by atoms with van der Waals surface area (Å²) in [5.74, 6) is 6.65. The highest BCUT2D eigenvalue weighted by molar-refractivity contribution is 4.96. The summed E-state index contributed by atoms with van der Waals surface area (Å²) in [5, 5.41) is 10.0. The van der Waals surface area contributed by atoms with E-state index in [0.717, 1.165) is 25.2 Å². The molecular formula is C12H20O. The van der Waals surface area contributed by atoms with Gasteiger partial charge in [-0.2, -0.15) is 0 Å². The van der Waals surface area contributed by atoms with Crippen LogP contribution in [0.5, 0.6) is 0 Å². The van der Waals surface area contributed by atoms with Crippen molar-refractivity contribution in [2.45, 2.75) is 58.0 Å². The highest BCUT2D eigenvalue weighted by Gasteiger charge is 2.28. The van der Waals surface area contributed by atoms with E-state index in [1.54, 1.807) is 0 Å². The van der Waals surface area contributed by atoms with Gasteiger partial charge in [-0.1, -0.05) is 19.3 Å². The van der Waals surface area contributed by atoms with E-state index in [1.165, 1.54) is 19.3 Å². The highest BCUT2D eigenvalue weighted by Crippen LogP contribution is 2.35. The van der Waals surface area contributed by atoms with Crippen LogP contribution in [0.3, 0.4) is 0 Å². The molecule has 1 unspecified atom stereocenters. The highest BCUT2D eigenvalue weighted by atomic mass is 16.3. The van der Waals surface area contributed by atoms with Gasteiger partial charge in [0.15, 0.2) is 0 Å². The second-order valence-corrected chi connectivity index (χ2v) is 4.42. The van der Waals surface area contributed by atoms with Gasteiger partial charge in [-0.25, -0.2) is 0 Å². The third-order valence-corrected chi connectivity index (χ3v) is 2.92. The summed E-state index contributed by atoms with van der Waals surface area (Å²) in [7, 11) is 0. The standard InChI is InChI=1S/C12H20O/c1-3-4-5-9-12(2,13)10-11-7-6-8-11/h11,13H,5-10H2,1-2H3. The fourth-order valence-electron chi connectivity index (χ4n) is 1.88. The van der Waals surface area contributed by atoms with Crippen molar-refractivity contribution in [3.05, 3.63) is 0 Å². The Labute approximate surface area is 81.5 Å². The Bertz CT molecular complexity index is 203. The first kappa shape index (κ1) is 10.6. The van der Waals surface area contributed by atoms with Crippen molar-refractivity contribution >= 4 is 0 Å². The molecule has 0 amide bonds. The number of hydrogen-bond acceptors (Lipinski definition) is 1. The lowest BCUT2D eigenvalue weighted by Crippen LogP contribution is -2.30. The van der Waals surface area contributed by atoms with Crippen molar-refractivity contribution < 1.29 is 5.11 Å². The molecule has 0 saturated heterocycles. The Balaban J connectivity index is 2.21. The first-order valence-corrected chi connectivity index (χ1v) is 5.26. The quantitative estimate of drug-likeness (QED) is 0.659.